The third-order valence-corrected chi connectivity index (χ3v) is 7.86. The van der Waals surface area contributed by atoms with E-state index in [-0.39, 0.29) is 56.1 Å². The minimum atomic E-state index is -4.38. The zero-order valence-corrected chi connectivity index (χ0v) is 33.2. The second-order valence-electron chi connectivity index (χ2n) is 12.2. The third-order valence-electron chi connectivity index (χ3n) is 7.86. The summed E-state index contributed by atoms with van der Waals surface area (Å²) in [5, 5.41) is -0.125. The number of amides is 12. The topological polar surface area (TPSA) is 402 Å². The first-order valence-corrected chi connectivity index (χ1v) is 18.3. The van der Waals surface area contributed by atoms with Gasteiger partial charge in [0.15, 0.2) is 0 Å². The van der Waals surface area contributed by atoms with Crippen LogP contribution in [0.15, 0.2) is 0 Å². The summed E-state index contributed by atoms with van der Waals surface area (Å²) in [5.41, 5.74) is 0. The lowest BCUT2D eigenvalue weighted by atomic mass is 10.4. The highest BCUT2D eigenvalue weighted by atomic mass is 17.1. The van der Waals surface area contributed by atoms with E-state index in [1.54, 1.807) is 0 Å². The first-order chi connectivity index (χ1) is 30.7. The molecular weight excluding hydrogens is 900 g/mol. The molecule has 0 saturated carbocycles. The summed E-state index contributed by atoms with van der Waals surface area (Å²) in [6.45, 7) is 4.00. The van der Waals surface area contributed by atoms with Crippen molar-refractivity contribution in [1.29, 1.82) is 0 Å². The normalized spacial score (nSPS) is 18.4. The highest BCUT2D eigenvalue weighted by molar-refractivity contribution is 6.04. The van der Waals surface area contributed by atoms with Gasteiger partial charge in [0.2, 0.25) is 0 Å². The van der Waals surface area contributed by atoms with Gasteiger partial charge < -0.3 is 18.9 Å². The van der Waals surface area contributed by atoms with E-state index in [1.807, 2.05) is 13.8 Å². The van der Waals surface area contributed by atoms with E-state index in [9.17, 15) is 81.5 Å². The molecule has 65 heavy (non-hydrogen) atoms. The largest absolute Gasteiger partial charge is 0.629 e. The fourth-order valence-corrected chi connectivity index (χ4v) is 5.02. The Hall–Kier alpha value is -8.81. The molecule has 6 rings (SSSR count). The van der Waals surface area contributed by atoms with Crippen LogP contribution in [0.5, 0.6) is 0 Å². The molecule has 0 N–H and O–H groups in total. The van der Waals surface area contributed by atoms with Crippen LogP contribution in [0.4, 0.5) is 24.0 Å². The van der Waals surface area contributed by atoms with Crippen molar-refractivity contribution in [3.05, 3.63) is 0 Å². The molecule has 0 aromatic carbocycles. The molecule has 0 radical (unpaired) electrons. The molecule has 0 atom stereocenters. The van der Waals surface area contributed by atoms with Crippen molar-refractivity contribution in [3.63, 3.8) is 0 Å². The summed E-state index contributed by atoms with van der Waals surface area (Å²) in [4.78, 5) is 227. The van der Waals surface area contributed by atoms with Gasteiger partial charge in [-0.3, -0.25) is 86.6 Å². The van der Waals surface area contributed by atoms with Gasteiger partial charge >= 0.3 is 36.9 Å². The fourth-order valence-electron chi connectivity index (χ4n) is 5.02. The van der Waals surface area contributed by atoms with Gasteiger partial charge in [0.25, 0.3) is 70.9 Å². The molecule has 0 aliphatic carbocycles. The number of rotatable bonds is 10. The van der Waals surface area contributed by atoms with Gasteiger partial charge in [0.1, 0.15) is 0 Å². The van der Waals surface area contributed by atoms with E-state index in [0.29, 0.717) is 0 Å². The van der Waals surface area contributed by atoms with Crippen LogP contribution >= 0.6 is 0 Å². The van der Waals surface area contributed by atoms with E-state index in [2.05, 4.69) is 48.0 Å². The number of carbonyl (C=O) groups is 17. The standard InChI is InChI=1S/C21H16N4O20.C9H8N2O7.C2H6/c26-9-1-2-10(27)22(9)42-17(34)38-21(39-18(35)43-23-11(28)3-4-12(23)29,40-19(36)44-24-13(30)5-6-14(24)31)41-20(37)45-25-15(32)7-8-16(25)33;12-5-1-2-6(13)10(5)17-9(16)18-11-7(14)3-4-8(11)15;1-2/h1-8H2;1-4H2;1-2H3. The van der Waals surface area contributed by atoms with Gasteiger partial charge in [0.05, 0.1) is 0 Å². The maximum atomic E-state index is 12.6. The summed E-state index contributed by atoms with van der Waals surface area (Å²) >= 11 is 0. The van der Waals surface area contributed by atoms with Crippen LogP contribution in [-0.4, -0.2) is 138 Å². The average molecular weight is 931 g/mol. The number of hydrogen-bond acceptors (Lipinski definition) is 27. The number of imide groups is 6. The van der Waals surface area contributed by atoms with Crippen molar-refractivity contribution in [2.45, 2.75) is 97.1 Å². The van der Waals surface area contributed by atoms with Gasteiger partial charge in [-0.25, -0.2) is 19.2 Å². The quantitative estimate of drug-likeness (QED) is 0.140. The third kappa shape index (κ3) is 12.2. The molecule has 6 saturated heterocycles. The molecule has 6 aliphatic rings. The van der Waals surface area contributed by atoms with Gasteiger partial charge in [-0.05, 0) is 0 Å². The lowest BCUT2D eigenvalue weighted by Crippen LogP contribution is -2.51. The van der Waals surface area contributed by atoms with Crippen LogP contribution in [0.2, 0.25) is 0 Å². The molecule has 0 bridgehead atoms. The smallest absolute Gasteiger partial charge is 0.317 e. The zero-order chi connectivity index (χ0) is 48.3. The monoisotopic (exact) mass is 930 g/mol. The first-order valence-electron chi connectivity index (χ1n) is 18.3. The maximum absolute atomic E-state index is 12.6. The van der Waals surface area contributed by atoms with Gasteiger partial charge in [-0.1, -0.05) is 44.2 Å². The Morgan fingerprint density at radius 2 is 0.400 bits per heavy atom. The second-order valence-corrected chi connectivity index (χ2v) is 12.2. The Labute approximate surface area is 358 Å². The number of carbonyl (C=O) groups excluding carboxylic acids is 17. The van der Waals surface area contributed by atoms with Gasteiger partial charge in [0, 0.05) is 77.0 Å². The minimum absolute atomic E-state index is 0.0618. The summed E-state index contributed by atoms with van der Waals surface area (Å²) in [6.07, 6.45) is -19.0. The average Bonchev–Trinajstić information content (AvgIpc) is 4.08. The number of hydrogen-bond donors (Lipinski definition) is 0. The molecule has 33 nitrogen and oxygen atoms in total. The molecule has 12 amide bonds. The Morgan fingerprint density at radius 3 is 0.538 bits per heavy atom. The number of hydroxylamine groups is 12. The van der Waals surface area contributed by atoms with Crippen LogP contribution in [0.3, 0.4) is 0 Å². The van der Waals surface area contributed by atoms with Crippen molar-refractivity contribution >= 4 is 102 Å². The molecule has 0 spiro atoms. The highest BCUT2D eigenvalue weighted by Crippen LogP contribution is 2.26. The van der Waals surface area contributed by atoms with E-state index in [0.717, 1.165) is 0 Å². The summed E-state index contributed by atoms with van der Waals surface area (Å²) in [5.74, 6) is -11.6. The van der Waals surface area contributed by atoms with Crippen molar-refractivity contribution in [3.8, 4) is 0 Å². The van der Waals surface area contributed by atoms with E-state index in [1.165, 1.54) is 0 Å². The predicted octanol–water partition coefficient (Wildman–Crippen LogP) is -1.24. The lowest BCUT2D eigenvalue weighted by Gasteiger charge is -2.28. The summed E-state index contributed by atoms with van der Waals surface area (Å²) in [6, 6.07) is 0. The minimum Gasteiger partial charge on any atom is -0.317 e. The van der Waals surface area contributed by atoms with Gasteiger partial charge in [-0.15, -0.1) is 0 Å². The van der Waals surface area contributed by atoms with Crippen molar-refractivity contribution in [2.24, 2.45) is 0 Å². The fraction of sp³-hybridized carbons (Fsp3) is 0.469. The molecule has 33 heteroatoms. The second kappa shape index (κ2) is 20.8. The van der Waals surface area contributed by atoms with Crippen molar-refractivity contribution < 1.29 is 129 Å². The molecular formula is C32H30N6O27. The van der Waals surface area contributed by atoms with Crippen molar-refractivity contribution in [1.82, 2.24) is 30.4 Å². The number of ether oxygens (including phenoxy) is 4. The molecule has 0 unspecified atom stereocenters. The Bertz CT molecular complexity index is 1800. The van der Waals surface area contributed by atoms with Crippen LogP contribution in [0.25, 0.3) is 0 Å². The van der Waals surface area contributed by atoms with Gasteiger partial charge in [-0.2, -0.15) is 4.79 Å². The molecule has 6 fully saturated rings. The molecule has 6 aliphatic heterocycles. The van der Waals surface area contributed by atoms with Crippen LogP contribution in [0, 0.1) is 0 Å². The lowest BCUT2D eigenvalue weighted by molar-refractivity contribution is -0.437. The predicted molar refractivity (Wildman–Crippen MR) is 178 cm³/mol. The van der Waals surface area contributed by atoms with Crippen LogP contribution in [0.1, 0.15) is 90.9 Å². The highest BCUT2D eigenvalue weighted by Gasteiger charge is 2.56. The number of nitrogens with zero attached hydrogens (tertiary/aromatic N) is 6. The van der Waals surface area contributed by atoms with E-state index >= 15 is 0 Å². The SMILES string of the molecule is CC.O=C(ON1C(=O)CCC1=O)OC(OC(=O)ON1C(=O)CCC1=O)(OC(=O)ON1C(=O)CCC1=O)OC(=O)ON1C(=O)CCC1=O.O=C(ON1C(=O)CCC1=O)ON1C(=O)CCC1=O. The van der Waals surface area contributed by atoms with E-state index < -0.39 is 159 Å². The Kier molecular flexibility index (Phi) is 15.7. The first kappa shape index (κ1) is 48.9. The zero-order valence-electron chi connectivity index (χ0n) is 33.2. The molecule has 6 heterocycles. The van der Waals surface area contributed by atoms with Crippen molar-refractivity contribution in [2.75, 3.05) is 0 Å². The summed E-state index contributed by atoms with van der Waals surface area (Å²) in [7, 11) is 0. The maximum Gasteiger partial charge on any atom is 0.629 e. The molecule has 0 aromatic rings. The van der Waals surface area contributed by atoms with Crippen LogP contribution < -0.4 is 0 Å². The Morgan fingerprint density at radius 1 is 0.277 bits per heavy atom. The Balaban J connectivity index is 0.000000384. The molecule has 0 aromatic heterocycles. The molecule has 350 valence electrons. The van der Waals surface area contributed by atoms with E-state index in [4.69, 9.17) is 0 Å². The summed E-state index contributed by atoms with van der Waals surface area (Å²) < 4.78 is 17.7. The van der Waals surface area contributed by atoms with Crippen LogP contribution in [-0.2, 0) is 106 Å².